The molecule has 0 radical (unpaired) electrons. The van der Waals surface area contributed by atoms with Crippen molar-refractivity contribution in [3.05, 3.63) is 60.4 Å². The van der Waals surface area contributed by atoms with Gasteiger partial charge in [0.1, 0.15) is 12.3 Å². The summed E-state index contributed by atoms with van der Waals surface area (Å²) in [7, 11) is 1.64. The summed E-state index contributed by atoms with van der Waals surface area (Å²) in [6.45, 7) is 0.220. The lowest BCUT2D eigenvalue weighted by molar-refractivity contribution is -0.116. The normalized spacial score (nSPS) is 10.8. The van der Waals surface area contributed by atoms with Crippen molar-refractivity contribution >= 4 is 33.3 Å². The van der Waals surface area contributed by atoms with Gasteiger partial charge < -0.3 is 14.6 Å². The molecule has 0 saturated heterocycles. The van der Waals surface area contributed by atoms with Crippen molar-refractivity contribution in [1.29, 1.82) is 0 Å². The fourth-order valence-corrected chi connectivity index (χ4v) is 3.47. The molecule has 6 nitrogen and oxygen atoms in total. The van der Waals surface area contributed by atoms with Gasteiger partial charge in [0.2, 0.25) is 5.91 Å². The highest BCUT2D eigenvalue weighted by atomic mass is 32.1. The highest BCUT2D eigenvalue weighted by Gasteiger charge is 2.10. The molecule has 0 spiro atoms. The highest BCUT2D eigenvalue weighted by Crippen LogP contribution is 2.25. The van der Waals surface area contributed by atoms with Crippen LogP contribution in [0.2, 0.25) is 0 Å². The molecular weight excluding hydrogens is 348 g/mol. The fourth-order valence-electron chi connectivity index (χ4n) is 2.73. The summed E-state index contributed by atoms with van der Waals surface area (Å²) in [5, 5.41) is 6.38. The third-order valence-electron chi connectivity index (χ3n) is 4.00. The number of carbonyl (C=O) groups excluding carboxylic acids is 1. The van der Waals surface area contributed by atoms with Gasteiger partial charge in [0.15, 0.2) is 5.13 Å². The third kappa shape index (κ3) is 3.29. The molecule has 1 amide bonds. The van der Waals surface area contributed by atoms with E-state index < -0.39 is 0 Å². The fraction of sp³-hybridized carbons (Fsp3) is 0.105. The lowest BCUT2D eigenvalue weighted by Crippen LogP contribution is -2.18. The number of nitrogens with zero attached hydrogens (tertiary/aromatic N) is 3. The van der Waals surface area contributed by atoms with Gasteiger partial charge in [-0.05, 0) is 36.4 Å². The van der Waals surface area contributed by atoms with Crippen molar-refractivity contribution in [2.75, 3.05) is 12.4 Å². The van der Waals surface area contributed by atoms with Gasteiger partial charge in [-0.3, -0.25) is 9.78 Å². The van der Waals surface area contributed by atoms with Gasteiger partial charge in [0.05, 0.1) is 12.8 Å². The number of pyridine rings is 1. The number of hydrogen-bond acceptors (Lipinski definition) is 5. The maximum atomic E-state index is 12.4. The van der Waals surface area contributed by atoms with Crippen LogP contribution < -0.4 is 10.1 Å². The first kappa shape index (κ1) is 16.3. The van der Waals surface area contributed by atoms with E-state index in [0.717, 1.165) is 27.9 Å². The Bertz CT molecular complexity index is 1060. The summed E-state index contributed by atoms with van der Waals surface area (Å²) in [4.78, 5) is 20.9. The van der Waals surface area contributed by atoms with E-state index in [4.69, 9.17) is 4.74 Å². The summed E-state index contributed by atoms with van der Waals surface area (Å²) < 4.78 is 7.13. The number of nitrogens with one attached hydrogen (secondary N) is 1. The molecule has 0 fully saturated rings. The van der Waals surface area contributed by atoms with Crippen LogP contribution in [0.3, 0.4) is 0 Å². The minimum Gasteiger partial charge on any atom is -0.497 e. The molecular formula is C19H16N4O2S. The minimum atomic E-state index is -0.120. The second-order valence-electron chi connectivity index (χ2n) is 5.70. The molecule has 130 valence electrons. The number of methoxy groups -OCH3 is 1. The van der Waals surface area contributed by atoms with Gasteiger partial charge in [-0.2, -0.15) is 0 Å². The molecule has 7 heteroatoms. The van der Waals surface area contributed by atoms with Crippen molar-refractivity contribution < 1.29 is 9.53 Å². The molecule has 0 bridgehead atoms. The Kier molecular flexibility index (Phi) is 4.37. The predicted octanol–water partition coefficient (Wildman–Crippen LogP) is 3.81. The van der Waals surface area contributed by atoms with E-state index >= 15 is 0 Å². The van der Waals surface area contributed by atoms with Crippen molar-refractivity contribution in [3.63, 3.8) is 0 Å². The summed E-state index contributed by atoms with van der Waals surface area (Å²) >= 11 is 1.40. The van der Waals surface area contributed by atoms with Gasteiger partial charge in [-0.1, -0.05) is 0 Å². The van der Waals surface area contributed by atoms with Crippen LogP contribution >= 0.6 is 11.3 Å². The number of ether oxygens (including phenoxy) is 1. The van der Waals surface area contributed by atoms with E-state index in [9.17, 15) is 4.79 Å². The zero-order chi connectivity index (χ0) is 17.9. The van der Waals surface area contributed by atoms with Crippen LogP contribution in [0.4, 0.5) is 5.13 Å². The summed E-state index contributed by atoms with van der Waals surface area (Å²) in [6.07, 6.45) is 5.36. The lowest BCUT2D eigenvalue weighted by Gasteiger charge is -2.06. The first-order valence-electron chi connectivity index (χ1n) is 8.01. The van der Waals surface area contributed by atoms with Crippen molar-refractivity contribution in [1.82, 2.24) is 14.5 Å². The van der Waals surface area contributed by atoms with E-state index in [1.54, 1.807) is 19.5 Å². The second-order valence-corrected chi connectivity index (χ2v) is 6.55. The first-order valence-corrected chi connectivity index (χ1v) is 8.89. The quantitative estimate of drug-likeness (QED) is 0.585. The predicted molar refractivity (Wildman–Crippen MR) is 102 cm³/mol. The van der Waals surface area contributed by atoms with Gasteiger partial charge in [-0.15, -0.1) is 11.3 Å². The van der Waals surface area contributed by atoms with Gasteiger partial charge in [0.25, 0.3) is 0 Å². The number of rotatable bonds is 5. The molecule has 0 atom stereocenters. The Labute approximate surface area is 154 Å². The number of amides is 1. The summed E-state index contributed by atoms with van der Waals surface area (Å²) in [5.74, 6) is 0.677. The van der Waals surface area contributed by atoms with Crippen molar-refractivity contribution in [2.45, 2.75) is 6.54 Å². The number of carbonyl (C=O) groups is 1. The zero-order valence-electron chi connectivity index (χ0n) is 14.0. The van der Waals surface area contributed by atoms with Gasteiger partial charge >= 0.3 is 0 Å². The molecule has 3 heterocycles. The largest absolute Gasteiger partial charge is 0.497 e. The van der Waals surface area contributed by atoms with E-state index in [0.29, 0.717) is 5.13 Å². The Morgan fingerprint density at radius 1 is 1.31 bits per heavy atom. The first-order chi connectivity index (χ1) is 12.7. The van der Waals surface area contributed by atoms with Crippen molar-refractivity contribution in [3.8, 4) is 17.0 Å². The zero-order valence-corrected chi connectivity index (χ0v) is 14.9. The van der Waals surface area contributed by atoms with Crippen LogP contribution in [0.1, 0.15) is 0 Å². The smallest absolute Gasteiger partial charge is 0.246 e. The van der Waals surface area contributed by atoms with E-state index in [2.05, 4.69) is 15.3 Å². The minimum absolute atomic E-state index is 0.120. The number of anilines is 1. The Balaban J connectivity index is 1.47. The third-order valence-corrected chi connectivity index (χ3v) is 4.76. The maximum Gasteiger partial charge on any atom is 0.246 e. The van der Waals surface area contributed by atoms with E-state index in [1.807, 2.05) is 52.5 Å². The molecule has 0 unspecified atom stereocenters. The number of thiazole rings is 1. The molecule has 0 saturated carbocycles. The SMILES string of the molecule is COc1ccc2c(ccn2CC(=O)Nc2nc(-c3cccnc3)cs2)c1. The monoisotopic (exact) mass is 364 g/mol. The molecule has 0 aliphatic rings. The molecule has 3 aromatic heterocycles. The molecule has 4 aromatic rings. The highest BCUT2D eigenvalue weighted by molar-refractivity contribution is 7.14. The number of fused-ring (bicyclic) bond motifs is 1. The Hall–Kier alpha value is -3.19. The van der Waals surface area contributed by atoms with Crippen LogP contribution in [0.15, 0.2) is 60.4 Å². The summed E-state index contributed by atoms with van der Waals surface area (Å²) in [6, 6.07) is 11.6. The Morgan fingerprint density at radius 2 is 2.23 bits per heavy atom. The summed E-state index contributed by atoms with van der Waals surface area (Å²) in [5.41, 5.74) is 2.71. The van der Waals surface area contributed by atoms with Crippen LogP contribution in [-0.4, -0.2) is 27.6 Å². The molecule has 1 aromatic carbocycles. The molecule has 26 heavy (non-hydrogen) atoms. The molecule has 4 rings (SSSR count). The average Bonchev–Trinajstić information content (AvgIpc) is 3.29. The molecule has 1 N–H and O–H groups in total. The van der Waals surface area contributed by atoms with Crippen LogP contribution in [0.5, 0.6) is 5.75 Å². The van der Waals surface area contributed by atoms with Gasteiger partial charge in [0, 0.05) is 40.4 Å². The van der Waals surface area contributed by atoms with Crippen LogP contribution in [0.25, 0.3) is 22.2 Å². The van der Waals surface area contributed by atoms with Crippen LogP contribution in [-0.2, 0) is 11.3 Å². The van der Waals surface area contributed by atoms with E-state index in [1.165, 1.54) is 11.3 Å². The number of aromatic nitrogens is 3. The Morgan fingerprint density at radius 3 is 3.04 bits per heavy atom. The number of hydrogen-bond donors (Lipinski definition) is 1. The van der Waals surface area contributed by atoms with Crippen LogP contribution in [0, 0.1) is 0 Å². The van der Waals surface area contributed by atoms with E-state index in [-0.39, 0.29) is 12.5 Å². The molecule has 0 aliphatic carbocycles. The maximum absolute atomic E-state index is 12.4. The number of benzene rings is 1. The topological polar surface area (TPSA) is 69.0 Å². The van der Waals surface area contributed by atoms with Gasteiger partial charge in [-0.25, -0.2) is 4.98 Å². The molecule has 0 aliphatic heterocycles. The second kappa shape index (κ2) is 6.97. The van der Waals surface area contributed by atoms with Crippen molar-refractivity contribution in [2.24, 2.45) is 0 Å². The lowest BCUT2D eigenvalue weighted by atomic mass is 10.2. The standard InChI is InChI=1S/C19H16N4O2S/c1-25-15-4-5-17-13(9-15)6-8-23(17)11-18(24)22-19-21-16(12-26-19)14-3-2-7-20-10-14/h2-10,12H,11H2,1H3,(H,21,22,24). The average molecular weight is 364 g/mol.